The van der Waals surface area contributed by atoms with Gasteiger partial charge >= 0.3 is 0 Å². The zero-order chi connectivity index (χ0) is 7.68. The maximum absolute atomic E-state index is 3.49. The van der Waals surface area contributed by atoms with Crippen LogP contribution in [0.4, 0.5) is 0 Å². The smallest absolute Gasteiger partial charge is 0.00201 e. The van der Waals surface area contributed by atoms with Crippen molar-refractivity contribution in [1.82, 2.24) is 5.32 Å². The highest BCUT2D eigenvalue weighted by Crippen LogP contribution is 2.36. The molecule has 1 heteroatoms. The summed E-state index contributed by atoms with van der Waals surface area (Å²) in [7, 11) is 0. The summed E-state index contributed by atoms with van der Waals surface area (Å²) in [6, 6.07) is 0. The highest BCUT2D eigenvalue weighted by molar-refractivity contribution is 5.13. The molecule has 62 valence electrons. The van der Waals surface area contributed by atoms with Crippen molar-refractivity contribution in [2.24, 2.45) is 11.8 Å². The molecule has 0 amide bonds. The highest BCUT2D eigenvalue weighted by Gasteiger charge is 2.31. The minimum Gasteiger partial charge on any atom is -0.316 e. The lowest BCUT2D eigenvalue weighted by atomic mass is 9.78. The van der Waals surface area contributed by atoms with E-state index >= 15 is 0 Å². The molecule has 1 heterocycles. The van der Waals surface area contributed by atoms with Crippen molar-refractivity contribution in [1.29, 1.82) is 0 Å². The van der Waals surface area contributed by atoms with Gasteiger partial charge in [0.15, 0.2) is 0 Å². The predicted octanol–water partition coefficient (Wildman–Crippen LogP) is 1.95. The Balaban J connectivity index is 2.12. The minimum atomic E-state index is 0.897. The maximum Gasteiger partial charge on any atom is 0.00201 e. The maximum atomic E-state index is 3.49. The molecule has 2 rings (SSSR count). The Labute approximate surface area is 68.9 Å². The lowest BCUT2D eigenvalue weighted by Gasteiger charge is -2.27. The third kappa shape index (κ3) is 1.22. The van der Waals surface area contributed by atoms with Gasteiger partial charge in [-0.05, 0) is 44.6 Å². The van der Waals surface area contributed by atoms with Gasteiger partial charge in [0.05, 0.1) is 0 Å². The zero-order valence-corrected chi connectivity index (χ0v) is 7.27. The molecule has 0 bridgehead atoms. The van der Waals surface area contributed by atoms with Crippen LogP contribution in [0.1, 0.15) is 26.2 Å². The van der Waals surface area contributed by atoms with Gasteiger partial charge in [-0.3, -0.25) is 0 Å². The van der Waals surface area contributed by atoms with Crippen LogP contribution >= 0.6 is 0 Å². The molecule has 1 aliphatic carbocycles. The highest BCUT2D eigenvalue weighted by atomic mass is 14.9. The van der Waals surface area contributed by atoms with Crippen LogP contribution < -0.4 is 5.32 Å². The summed E-state index contributed by atoms with van der Waals surface area (Å²) in [5.41, 5.74) is 1.71. The van der Waals surface area contributed by atoms with Crippen molar-refractivity contribution < 1.29 is 0 Å². The fraction of sp³-hybridized carbons (Fsp3) is 0.800. The minimum absolute atomic E-state index is 0.897. The normalized spacial score (nSPS) is 41.0. The number of hydrogen-bond donors (Lipinski definition) is 1. The molecule has 11 heavy (non-hydrogen) atoms. The summed E-state index contributed by atoms with van der Waals surface area (Å²) in [6.45, 7) is 4.70. The monoisotopic (exact) mass is 151 g/mol. The summed E-state index contributed by atoms with van der Waals surface area (Å²) in [4.78, 5) is 0. The number of rotatable bonds is 0. The molecule has 0 radical (unpaired) electrons. The number of nitrogens with one attached hydrogen (secondary N) is 1. The van der Waals surface area contributed by atoms with Crippen LogP contribution in [0.25, 0.3) is 0 Å². The van der Waals surface area contributed by atoms with Crippen LogP contribution in [-0.2, 0) is 0 Å². The van der Waals surface area contributed by atoms with Crippen LogP contribution in [0.2, 0.25) is 0 Å². The van der Waals surface area contributed by atoms with Gasteiger partial charge < -0.3 is 5.32 Å². The average Bonchev–Trinajstić information content (AvgIpc) is 2.50. The molecule has 1 saturated heterocycles. The topological polar surface area (TPSA) is 12.0 Å². The Hall–Kier alpha value is -0.300. The predicted molar refractivity (Wildman–Crippen MR) is 47.5 cm³/mol. The summed E-state index contributed by atoms with van der Waals surface area (Å²) < 4.78 is 0. The molecule has 0 aromatic heterocycles. The molecule has 0 aromatic carbocycles. The zero-order valence-electron chi connectivity index (χ0n) is 7.27. The average molecular weight is 151 g/mol. The molecule has 1 N–H and O–H groups in total. The van der Waals surface area contributed by atoms with Gasteiger partial charge in [-0.15, -0.1) is 0 Å². The van der Waals surface area contributed by atoms with Gasteiger partial charge in [-0.1, -0.05) is 11.6 Å². The van der Waals surface area contributed by atoms with Gasteiger partial charge in [0.25, 0.3) is 0 Å². The van der Waals surface area contributed by atoms with Crippen LogP contribution in [0.5, 0.6) is 0 Å². The van der Waals surface area contributed by atoms with Crippen molar-refractivity contribution >= 4 is 0 Å². The van der Waals surface area contributed by atoms with E-state index in [4.69, 9.17) is 0 Å². The molecular weight excluding hydrogens is 134 g/mol. The second kappa shape index (κ2) is 2.98. The van der Waals surface area contributed by atoms with E-state index < -0.39 is 0 Å². The van der Waals surface area contributed by atoms with Crippen molar-refractivity contribution in [3.63, 3.8) is 0 Å². The Morgan fingerprint density at radius 1 is 1.45 bits per heavy atom. The lowest BCUT2D eigenvalue weighted by molar-refractivity contribution is 0.374. The van der Waals surface area contributed by atoms with E-state index in [2.05, 4.69) is 18.3 Å². The van der Waals surface area contributed by atoms with E-state index in [1.807, 2.05) is 0 Å². The molecule has 2 atom stereocenters. The Bertz CT molecular complexity index is 172. The third-order valence-electron chi connectivity index (χ3n) is 3.23. The molecule has 2 aliphatic rings. The number of allylic oxidation sites excluding steroid dienone is 1. The Morgan fingerprint density at radius 3 is 3.18 bits per heavy atom. The van der Waals surface area contributed by atoms with Gasteiger partial charge in [-0.2, -0.15) is 0 Å². The molecular formula is C10H17N. The Morgan fingerprint density at radius 2 is 2.36 bits per heavy atom. The molecule has 0 spiro atoms. The first-order chi connectivity index (χ1) is 5.42. The van der Waals surface area contributed by atoms with Crippen LogP contribution in [0.3, 0.4) is 0 Å². The van der Waals surface area contributed by atoms with E-state index in [1.54, 1.807) is 5.57 Å². The van der Waals surface area contributed by atoms with E-state index in [0.29, 0.717) is 0 Å². The molecule has 1 saturated carbocycles. The summed E-state index contributed by atoms with van der Waals surface area (Å²) in [5.74, 6) is 1.86. The first-order valence-corrected chi connectivity index (χ1v) is 4.77. The lowest BCUT2D eigenvalue weighted by Crippen LogP contribution is -2.19. The first kappa shape index (κ1) is 7.35. The van der Waals surface area contributed by atoms with Crippen LogP contribution in [0.15, 0.2) is 11.6 Å². The summed E-state index contributed by atoms with van der Waals surface area (Å²) in [6.07, 6.45) is 6.57. The second-order valence-electron chi connectivity index (χ2n) is 3.78. The number of fused-ring (bicyclic) bond motifs is 1. The molecule has 0 aromatic rings. The van der Waals surface area contributed by atoms with E-state index in [1.165, 1.54) is 32.4 Å². The second-order valence-corrected chi connectivity index (χ2v) is 3.78. The van der Waals surface area contributed by atoms with Crippen molar-refractivity contribution in [2.75, 3.05) is 13.1 Å². The van der Waals surface area contributed by atoms with Crippen molar-refractivity contribution in [3.8, 4) is 0 Å². The fourth-order valence-electron chi connectivity index (χ4n) is 2.58. The van der Waals surface area contributed by atoms with Gasteiger partial charge in [0.1, 0.15) is 0 Å². The summed E-state index contributed by atoms with van der Waals surface area (Å²) in [5, 5.41) is 3.49. The van der Waals surface area contributed by atoms with Gasteiger partial charge in [-0.25, -0.2) is 0 Å². The van der Waals surface area contributed by atoms with Crippen LogP contribution in [-0.4, -0.2) is 13.1 Å². The summed E-state index contributed by atoms with van der Waals surface area (Å²) >= 11 is 0. The van der Waals surface area contributed by atoms with E-state index in [9.17, 15) is 0 Å². The van der Waals surface area contributed by atoms with E-state index in [0.717, 1.165) is 11.8 Å². The van der Waals surface area contributed by atoms with E-state index in [-0.39, 0.29) is 0 Å². The first-order valence-electron chi connectivity index (χ1n) is 4.77. The molecule has 1 nitrogen and oxygen atoms in total. The molecule has 1 aliphatic heterocycles. The molecule has 2 unspecified atom stereocenters. The fourth-order valence-corrected chi connectivity index (χ4v) is 2.58. The van der Waals surface area contributed by atoms with Crippen molar-refractivity contribution in [2.45, 2.75) is 26.2 Å². The largest absolute Gasteiger partial charge is 0.316 e. The van der Waals surface area contributed by atoms with Crippen molar-refractivity contribution in [3.05, 3.63) is 11.6 Å². The quantitative estimate of drug-likeness (QED) is 0.522. The van der Waals surface area contributed by atoms with Gasteiger partial charge in [0, 0.05) is 6.54 Å². The van der Waals surface area contributed by atoms with Crippen LogP contribution in [0, 0.1) is 11.8 Å². The Kier molecular flexibility index (Phi) is 1.99. The molecule has 2 fully saturated rings. The number of hydrogen-bond acceptors (Lipinski definition) is 1. The third-order valence-corrected chi connectivity index (χ3v) is 3.23. The van der Waals surface area contributed by atoms with Gasteiger partial charge in [0.2, 0.25) is 0 Å². The standard InChI is InChI=1S/C10H17N/c1-2-8-4-3-5-9-6-11-7-10(8)9/h2,9-11H,3-7H2,1H3/b8-2+. The SMILES string of the molecule is C/C=C1\CCCC2CNCC12.